The van der Waals surface area contributed by atoms with Crippen LogP contribution in [-0.2, 0) is 4.79 Å². The van der Waals surface area contributed by atoms with Gasteiger partial charge in [0.25, 0.3) is 0 Å². The molecule has 1 unspecified atom stereocenters. The molecule has 5 nitrogen and oxygen atoms in total. The molecule has 0 radical (unpaired) electrons. The number of carbonyl (C=O) groups excluding carboxylic acids is 1. The van der Waals surface area contributed by atoms with E-state index in [1.54, 1.807) is 30.4 Å². The van der Waals surface area contributed by atoms with Crippen LogP contribution in [0.25, 0.3) is 22.4 Å². The smallest absolute Gasteiger partial charge is 0.381 e. The van der Waals surface area contributed by atoms with Crippen molar-refractivity contribution in [1.82, 2.24) is 15.6 Å². The fraction of sp³-hybridized carbons (Fsp3) is 0.417. The molecule has 1 aromatic heterocycles. The van der Waals surface area contributed by atoms with Gasteiger partial charge in [-0.1, -0.05) is 24.8 Å². The number of alkyl halides is 3. The van der Waals surface area contributed by atoms with Gasteiger partial charge >= 0.3 is 6.18 Å². The van der Waals surface area contributed by atoms with Gasteiger partial charge in [-0.25, -0.2) is 4.98 Å². The lowest BCUT2D eigenvalue weighted by Gasteiger charge is -2.29. The molecule has 1 aromatic carbocycles. The van der Waals surface area contributed by atoms with Gasteiger partial charge in [-0.05, 0) is 37.5 Å². The number of halogens is 3. The number of rotatable bonds is 7. The van der Waals surface area contributed by atoms with E-state index >= 15 is 0 Å². The summed E-state index contributed by atoms with van der Waals surface area (Å²) < 4.78 is 40.6. The number of carbonyl (C=O) groups is 1. The average molecular weight is 442 g/mol. The van der Waals surface area contributed by atoms with E-state index in [9.17, 15) is 18.0 Å². The van der Waals surface area contributed by atoms with E-state index in [2.05, 4.69) is 27.5 Å². The van der Waals surface area contributed by atoms with Gasteiger partial charge in [0.15, 0.2) is 0 Å². The van der Waals surface area contributed by atoms with E-state index in [1.165, 1.54) is 0 Å². The molecule has 1 amide bonds. The van der Waals surface area contributed by atoms with E-state index in [1.807, 2.05) is 6.07 Å². The van der Waals surface area contributed by atoms with E-state index in [4.69, 9.17) is 0 Å². The Hall–Kier alpha value is -2.87. The number of benzene rings is 1. The van der Waals surface area contributed by atoms with Crippen molar-refractivity contribution in [1.29, 1.82) is 0 Å². The molecule has 1 saturated heterocycles. The maximum Gasteiger partial charge on any atom is 0.417 e. The second-order valence-corrected chi connectivity index (χ2v) is 9.06. The van der Waals surface area contributed by atoms with Crippen molar-refractivity contribution < 1.29 is 18.0 Å². The standard InChI is InChI=1S/C24H25F3N4O/c1-14(24(25,26)27)21-17-5-2-6-19(31-20-11-23(20)12-28-13-23)18(17)10-16(30-21)4-3-9-29-22(32)15-7-8-15/h2-6,10,15,20,28,31H,1,7-9,11-13H2,(H,29,32)/b4-3+. The number of amides is 1. The first kappa shape index (κ1) is 21.0. The number of anilines is 1. The van der Waals surface area contributed by atoms with Gasteiger partial charge in [0.2, 0.25) is 5.91 Å². The Morgan fingerprint density at radius 1 is 1.28 bits per heavy atom. The van der Waals surface area contributed by atoms with Crippen molar-refractivity contribution in [3.05, 3.63) is 48.3 Å². The largest absolute Gasteiger partial charge is 0.417 e. The van der Waals surface area contributed by atoms with Crippen molar-refractivity contribution in [2.45, 2.75) is 31.5 Å². The molecule has 1 spiro atoms. The maximum atomic E-state index is 13.5. The quantitative estimate of drug-likeness (QED) is 0.604. The number of fused-ring (bicyclic) bond motifs is 1. The van der Waals surface area contributed by atoms with Crippen LogP contribution in [0.2, 0.25) is 0 Å². The Kier molecular flexibility index (Phi) is 5.00. The molecule has 2 saturated carbocycles. The summed E-state index contributed by atoms with van der Waals surface area (Å²) in [5, 5.41) is 10.7. The van der Waals surface area contributed by atoms with Crippen LogP contribution < -0.4 is 16.0 Å². The van der Waals surface area contributed by atoms with Crippen LogP contribution >= 0.6 is 0 Å². The lowest BCUT2D eigenvalue weighted by atomic mass is 9.98. The SMILES string of the molecule is C=C(c1nc(/C=C/CNC(=O)C2CC2)cc2c(NC3CC34CNC4)cccc12)C(F)(F)F. The highest BCUT2D eigenvalue weighted by Gasteiger charge is 2.58. The first-order chi connectivity index (χ1) is 15.3. The Morgan fingerprint density at radius 2 is 2.06 bits per heavy atom. The van der Waals surface area contributed by atoms with E-state index in [0.717, 1.165) is 38.0 Å². The summed E-state index contributed by atoms with van der Waals surface area (Å²) in [6.07, 6.45) is 1.66. The van der Waals surface area contributed by atoms with E-state index in [-0.39, 0.29) is 22.9 Å². The number of nitrogens with zero attached hydrogens (tertiary/aromatic N) is 1. The molecule has 2 aliphatic carbocycles. The van der Waals surface area contributed by atoms with Gasteiger partial charge < -0.3 is 16.0 Å². The first-order valence-corrected chi connectivity index (χ1v) is 10.9. The summed E-state index contributed by atoms with van der Waals surface area (Å²) in [4.78, 5) is 16.0. The van der Waals surface area contributed by atoms with Crippen LogP contribution in [0.5, 0.6) is 0 Å². The summed E-state index contributed by atoms with van der Waals surface area (Å²) in [6, 6.07) is 7.39. The molecule has 1 atom stereocenters. The van der Waals surface area contributed by atoms with Crippen LogP contribution in [0.3, 0.4) is 0 Å². The number of allylic oxidation sites excluding steroid dienone is 1. The Balaban J connectivity index is 1.46. The summed E-state index contributed by atoms with van der Waals surface area (Å²) >= 11 is 0. The molecule has 2 heterocycles. The summed E-state index contributed by atoms with van der Waals surface area (Å²) in [5.41, 5.74) is 0.324. The average Bonchev–Trinajstić information content (AvgIpc) is 3.63. The van der Waals surface area contributed by atoms with Crippen molar-refractivity contribution in [2.75, 3.05) is 25.0 Å². The van der Waals surface area contributed by atoms with Crippen LogP contribution in [0.15, 0.2) is 36.9 Å². The van der Waals surface area contributed by atoms with Crippen molar-refractivity contribution in [2.24, 2.45) is 11.3 Å². The van der Waals surface area contributed by atoms with Gasteiger partial charge in [0.1, 0.15) is 0 Å². The highest BCUT2D eigenvalue weighted by atomic mass is 19.4. The van der Waals surface area contributed by atoms with Gasteiger partial charge in [-0.3, -0.25) is 4.79 Å². The van der Waals surface area contributed by atoms with Crippen LogP contribution in [-0.4, -0.2) is 42.7 Å². The lowest BCUT2D eigenvalue weighted by molar-refractivity contribution is -0.122. The Labute approximate surface area is 184 Å². The molecule has 3 aliphatic rings. The molecular formula is C24H25F3N4O. The normalized spacial score (nSPS) is 21.5. The lowest BCUT2D eigenvalue weighted by Crippen LogP contribution is -2.47. The predicted molar refractivity (Wildman–Crippen MR) is 119 cm³/mol. The van der Waals surface area contributed by atoms with Gasteiger partial charge in [0, 0.05) is 53.5 Å². The van der Waals surface area contributed by atoms with Crippen molar-refractivity contribution in [3.63, 3.8) is 0 Å². The highest BCUT2D eigenvalue weighted by molar-refractivity contribution is 6.01. The zero-order chi connectivity index (χ0) is 22.5. The molecule has 32 heavy (non-hydrogen) atoms. The molecule has 5 rings (SSSR count). The number of pyridine rings is 1. The number of hydrogen-bond acceptors (Lipinski definition) is 4. The third kappa shape index (κ3) is 3.99. The highest BCUT2D eigenvalue weighted by Crippen LogP contribution is 2.51. The molecule has 0 bridgehead atoms. The van der Waals surface area contributed by atoms with E-state index in [0.29, 0.717) is 29.1 Å². The predicted octanol–water partition coefficient (Wildman–Crippen LogP) is 4.12. The number of hydrogen-bond donors (Lipinski definition) is 3. The number of nitrogens with one attached hydrogen (secondary N) is 3. The van der Waals surface area contributed by atoms with Crippen LogP contribution in [0.1, 0.15) is 30.7 Å². The van der Waals surface area contributed by atoms with Crippen molar-refractivity contribution in [3.8, 4) is 0 Å². The second kappa shape index (κ2) is 7.62. The molecular weight excluding hydrogens is 417 g/mol. The minimum absolute atomic E-state index is 0.0163. The van der Waals surface area contributed by atoms with Gasteiger partial charge in [-0.15, -0.1) is 0 Å². The molecule has 168 valence electrons. The first-order valence-electron chi connectivity index (χ1n) is 10.9. The summed E-state index contributed by atoms with van der Waals surface area (Å²) in [6.45, 7) is 5.52. The molecule has 3 N–H and O–H groups in total. The summed E-state index contributed by atoms with van der Waals surface area (Å²) in [5.74, 6) is 0.122. The Bertz CT molecular complexity index is 1120. The minimum atomic E-state index is -4.58. The third-order valence-electron chi connectivity index (χ3n) is 6.63. The topological polar surface area (TPSA) is 66.0 Å². The third-order valence-corrected chi connectivity index (χ3v) is 6.63. The maximum absolute atomic E-state index is 13.5. The van der Waals surface area contributed by atoms with Gasteiger partial charge in [0.05, 0.1) is 17.0 Å². The van der Waals surface area contributed by atoms with E-state index < -0.39 is 11.7 Å². The van der Waals surface area contributed by atoms with Crippen LogP contribution in [0.4, 0.5) is 18.9 Å². The van der Waals surface area contributed by atoms with Gasteiger partial charge in [-0.2, -0.15) is 13.2 Å². The zero-order valence-corrected chi connectivity index (χ0v) is 17.6. The second-order valence-electron chi connectivity index (χ2n) is 9.06. The molecule has 8 heteroatoms. The summed E-state index contributed by atoms with van der Waals surface area (Å²) in [7, 11) is 0. The van der Waals surface area contributed by atoms with Crippen molar-refractivity contribution >= 4 is 34.0 Å². The minimum Gasteiger partial charge on any atom is -0.381 e. The van der Waals surface area contributed by atoms with Crippen LogP contribution in [0, 0.1) is 11.3 Å². The molecule has 2 aromatic rings. The monoisotopic (exact) mass is 442 g/mol. The number of aromatic nitrogens is 1. The molecule has 1 aliphatic heterocycles. The zero-order valence-electron chi connectivity index (χ0n) is 17.6. The molecule has 3 fully saturated rings. The fourth-order valence-corrected chi connectivity index (χ4v) is 4.28. The fourth-order valence-electron chi connectivity index (χ4n) is 4.28. The Morgan fingerprint density at radius 3 is 2.69 bits per heavy atom.